The van der Waals surface area contributed by atoms with Gasteiger partial charge in [0, 0.05) is 5.56 Å². The molecule has 3 nitrogen and oxygen atoms in total. The summed E-state index contributed by atoms with van der Waals surface area (Å²) in [5.41, 5.74) is 8.61. The fraction of sp³-hybridized carbons (Fsp3) is 0.174. The molecule has 0 saturated carbocycles. The third-order valence-electron chi connectivity index (χ3n) is 4.85. The number of pyridine rings is 1. The molecule has 130 valence electrons. The van der Waals surface area contributed by atoms with Gasteiger partial charge in [-0.3, -0.25) is 0 Å². The zero-order valence-electron chi connectivity index (χ0n) is 15.7. The van der Waals surface area contributed by atoms with Crippen LogP contribution < -0.4 is 9.30 Å². The summed E-state index contributed by atoms with van der Waals surface area (Å²) in [6, 6.07) is 19.1. The van der Waals surface area contributed by atoms with Crippen molar-refractivity contribution in [2.75, 3.05) is 7.11 Å². The maximum absolute atomic E-state index is 5.33. The van der Waals surface area contributed by atoms with Gasteiger partial charge in [-0.15, -0.1) is 0 Å². The summed E-state index contributed by atoms with van der Waals surface area (Å²) in [7, 11) is 1.70. The van der Waals surface area contributed by atoms with Crippen LogP contribution in [0, 0.1) is 20.8 Å². The largest absolute Gasteiger partial charge is 0.497 e. The average Bonchev–Trinajstić information content (AvgIpc) is 3.00. The number of hydrogen-bond acceptors (Lipinski definition) is 1. The summed E-state index contributed by atoms with van der Waals surface area (Å²) >= 11 is 0. The van der Waals surface area contributed by atoms with E-state index in [-0.39, 0.29) is 0 Å². The third kappa shape index (κ3) is 2.66. The summed E-state index contributed by atoms with van der Waals surface area (Å²) in [5.74, 6) is 0.867. The molecule has 0 atom stereocenters. The molecule has 0 unspecified atom stereocenters. The monoisotopic (exact) mass is 343 g/mol. The van der Waals surface area contributed by atoms with E-state index in [1.807, 2.05) is 12.1 Å². The Morgan fingerprint density at radius 3 is 2.23 bits per heavy atom. The molecule has 0 aliphatic heterocycles. The standard InChI is InChI=1S/C23H23N2O/c1-16-13-17(2)22(18(3)14-16)25-15-24-12-6-5-7-21(24)23(25)19-8-10-20(26-4)11-9-19/h5-15H,1-4H3/q+1. The Hall–Kier alpha value is -3.07. The topological polar surface area (TPSA) is 17.5 Å². The highest BCUT2D eigenvalue weighted by molar-refractivity contribution is 5.75. The van der Waals surface area contributed by atoms with E-state index in [9.17, 15) is 0 Å². The Kier molecular flexibility index (Phi) is 4.00. The lowest BCUT2D eigenvalue weighted by molar-refractivity contribution is -0.583. The van der Waals surface area contributed by atoms with Gasteiger partial charge in [0.25, 0.3) is 6.33 Å². The number of ether oxygens (including phenoxy) is 1. The summed E-state index contributed by atoms with van der Waals surface area (Å²) in [6.07, 6.45) is 4.26. The molecule has 2 aromatic heterocycles. The van der Waals surface area contributed by atoms with Gasteiger partial charge in [0.2, 0.25) is 0 Å². The fourth-order valence-electron chi connectivity index (χ4n) is 3.82. The van der Waals surface area contributed by atoms with Crippen molar-refractivity contribution in [1.82, 2.24) is 4.40 Å². The second kappa shape index (κ2) is 6.34. The van der Waals surface area contributed by atoms with Crippen molar-refractivity contribution in [3.8, 4) is 22.7 Å². The van der Waals surface area contributed by atoms with Crippen LogP contribution in [0.15, 0.2) is 67.1 Å². The number of rotatable bonds is 3. The second-order valence-electron chi connectivity index (χ2n) is 6.80. The van der Waals surface area contributed by atoms with E-state index in [0.717, 1.165) is 5.75 Å². The van der Waals surface area contributed by atoms with Crippen molar-refractivity contribution < 1.29 is 9.30 Å². The van der Waals surface area contributed by atoms with Gasteiger partial charge in [-0.1, -0.05) is 23.8 Å². The Labute approximate surface area is 154 Å². The van der Waals surface area contributed by atoms with Crippen LogP contribution in [0.25, 0.3) is 22.5 Å². The Bertz CT molecular complexity index is 1070. The van der Waals surface area contributed by atoms with Crippen molar-refractivity contribution >= 4 is 5.52 Å². The highest BCUT2D eigenvalue weighted by Gasteiger charge is 2.23. The molecule has 0 aliphatic carbocycles. The van der Waals surface area contributed by atoms with Crippen LogP contribution >= 0.6 is 0 Å². The summed E-state index contributed by atoms with van der Waals surface area (Å²) in [6.45, 7) is 6.51. The maximum Gasteiger partial charge on any atom is 0.254 e. The Balaban J connectivity index is 2.04. The number of imidazole rings is 1. The van der Waals surface area contributed by atoms with Crippen molar-refractivity contribution in [3.05, 3.63) is 83.8 Å². The van der Waals surface area contributed by atoms with E-state index in [4.69, 9.17) is 4.74 Å². The van der Waals surface area contributed by atoms with Crippen molar-refractivity contribution in [2.45, 2.75) is 20.8 Å². The quantitative estimate of drug-likeness (QED) is 0.488. The van der Waals surface area contributed by atoms with Crippen molar-refractivity contribution in [2.24, 2.45) is 0 Å². The number of benzene rings is 2. The van der Waals surface area contributed by atoms with Gasteiger partial charge in [-0.05, 0) is 68.3 Å². The molecule has 0 spiro atoms. The van der Waals surface area contributed by atoms with E-state index in [1.165, 1.54) is 39.2 Å². The summed E-state index contributed by atoms with van der Waals surface area (Å²) < 4.78 is 9.81. The van der Waals surface area contributed by atoms with E-state index in [0.29, 0.717) is 0 Å². The number of nitrogens with zero attached hydrogens (tertiary/aromatic N) is 2. The van der Waals surface area contributed by atoms with Crippen molar-refractivity contribution in [1.29, 1.82) is 0 Å². The Morgan fingerprint density at radius 1 is 0.885 bits per heavy atom. The highest BCUT2D eigenvalue weighted by Crippen LogP contribution is 2.27. The molecule has 0 aliphatic rings. The number of methoxy groups -OCH3 is 1. The summed E-state index contributed by atoms with van der Waals surface area (Å²) in [4.78, 5) is 0. The highest BCUT2D eigenvalue weighted by atomic mass is 16.5. The molecule has 2 heterocycles. The minimum absolute atomic E-state index is 0.867. The first-order valence-corrected chi connectivity index (χ1v) is 8.82. The van der Waals surface area contributed by atoms with Crippen LogP contribution in [0.5, 0.6) is 5.75 Å². The first-order valence-electron chi connectivity index (χ1n) is 8.82. The average molecular weight is 343 g/mol. The second-order valence-corrected chi connectivity index (χ2v) is 6.80. The minimum Gasteiger partial charge on any atom is -0.497 e. The van der Waals surface area contributed by atoms with Gasteiger partial charge >= 0.3 is 0 Å². The lowest BCUT2D eigenvalue weighted by Gasteiger charge is -2.10. The molecule has 0 bridgehead atoms. The SMILES string of the molecule is COc1ccc(-c2c3ccccn3c[n+]2-c2c(C)cc(C)cc2C)cc1. The number of aromatic nitrogens is 2. The van der Waals surface area contributed by atoms with E-state index < -0.39 is 0 Å². The Morgan fingerprint density at radius 2 is 1.58 bits per heavy atom. The van der Waals surface area contributed by atoms with Crippen LogP contribution in [-0.2, 0) is 0 Å². The van der Waals surface area contributed by atoms with Crippen LogP contribution in [0.1, 0.15) is 16.7 Å². The van der Waals surface area contributed by atoms with Crippen molar-refractivity contribution in [3.63, 3.8) is 0 Å². The van der Waals surface area contributed by atoms with E-state index in [2.05, 4.69) is 84.7 Å². The predicted octanol–water partition coefficient (Wildman–Crippen LogP) is 4.82. The molecule has 0 N–H and O–H groups in total. The molecule has 0 saturated heterocycles. The molecule has 0 radical (unpaired) electrons. The molecule has 3 heteroatoms. The fourth-order valence-corrected chi connectivity index (χ4v) is 3.82. The smallest absolute Gasteiger partial charge is 0.254 e. The van der Waals surface area contributed by atoms with Gasteiger partial charge in [0.05, 0.1) is 13.3 Å². The molecule has 0 amide bonds. The first-order chi connectivity index (χ1) is 12.6. The van der Waals surface area contributed by atoms with Gasteiger partial charge < -0.3 is 4.74 Å². The minimum atomic E-state index is 0.867. The summed E-state index contributed by atoms with van der Waals surface area (Å²) in [5, 5.41) is 0. The number of hydrogen-bond donors (Lipinski definition) is 0. The molecule has 0 fully saturated rings. The maximum atomic E-state index is 5.33. The molecule has 2 aromatic carbocycles. The molecule has 4 rings (SSSR count). The van der Waals surface area contributed by atoms with Gasteiger partial charge in [0.1, 0.15) is 11.4 Å². The van der Waals surface area contributed by atoms with Gasteiger partial charge in [-0.25, -0.2) is 4.40 Å². The van der Waals surface area contributed by atoms with Gasteiger partial charge in [0.15, 0.2) is 11.2 Å². The molecular formula is C23H23N2O+. The van der Waals surface area contributed by atoms with Crippen LogP contribution in [0.3, 0.4) is 0 Å². The van der Waals surface area contributed by atoms with Crippen LogP contribution in [-0.4, -0.2) is 11.5 Å². The molecule has 4 aromatic rings. The third-order valence-corrected chi connectivity index (χ3v) is 4.85. The van der Waals surface area contributed by atoms with Gasteiger partial charge in [-0.2, -0.15) is 4.57 Å². The molecular weight excluding hydrogens is 320 g/mol. The normalized spacial score (nSPS) is 11.1. The number of fused-ring (bicyclic) bond motifs is 1. The van der Waals surface area contributed by atoms with E-state index in [1.54, 1.807) is 7.11 Å². The van der Waals surface area contributed by atoms with E-state index >= 15 is 0 Å². The number of aryl methyl sites for hydroxylation is 3. The first kappa shape index (κ1) is 16.4. The lowest BCUT2D eigenvalue weighted by Crippen LogP contribution is -2.33. The predicted molar refractivity (Wildman–Crippen MR) is 105 cm³/mol. The lowest BCUT2D eigenvalue weighted by atomic mass is 10.0. The van der Waals surface area contributed by atoms with Crippen LogP contribution in [0.4, 0.5) is 0 Å². The zero-order chi connectivity index (χ0) is 18.3. The molecule has 26 heavy (non-hydrogen) atoms. The zero-order valence-corrected chi connectivity index (χ0v) is 15.7. The van der Waals surface area contributed by atoms with Crippen LogP contribution in [0.2, 0.25) is 0 Å².